The van der Waals surface area contributed by atoms with Crippen molar-refractivity contribution >= 4 is 77.0 Å². The minimum absolute atomic E-state index is 0.714. The number of hydrogen-bond acceptors (Lipinski definition) is 0. The summed E-state index contributed by atoms with van der Waals surface area (Å²) in [7, 11) is 0. The first-order chi connectivity index (χ1) is 22.8. The van der Waals surface area contributed by atoms with Crippen molar-refractivity contribution in [1.29, 1.82) is 0 Å². The van der Waals surface area contributed by atoms with Crippen LogP contribution in [0.4, 0.5) is 0 Å². The van der Waals surface area contributed by atoms with Crippen molar-refractivity contribution in [3.05, 3.63) is 163 Å². The Morgan fingerprint density at radius 2 is 0.674 bits per heavy atom. The molecule has 216 valence electrons. The van der Waals surface area contributed by atoms with E-state index in [1.54, 1.807) is 0 Å². The molecule has 46 heavy (non-hydrogen) atoms. The maximum Gasteiger partial charge on any atom is 0.0663 e. The molecule has 0 amide bonds. The van der Waals surface area contributed by atoms with Gasteiger partial charge in [0, 0.05) is 54.4 Å². The third kappa shape index (κ3) is 3.38. The van der Waals surface area contributed by atoms with E-state index in [-0.39, 0.29) is 0 Å². The molecular formula is C42H26ClN3. The molecular weight excluding hydrogens is 582 g/mol. The van der Waals surface area contributed by atoms with E-state index in [0.29, 0.717) is 5.02 Å². The molecule has 0 aliphatic rings. The van der Waals surface area contributed by atoms with Gasteiger partial charge >= 0.3 is 0 Å². The average Bonchev–Trinajstić information content (AvgIpc) is 3.75. The molecule has 0 atom stereocenters. The van der Waals surface area contributed by atoms with Crippen LogP contribution in [-0.2, 0) is 0 Å². The van der Waals surface area contributed by atoms with Crippen molar-refractivity contribution in [2.45, 2.75) is 0 Å². The van der Waals surface area contributed by atoms with Gasteiger partial charge in [-0.25, -0.2) is 0 Å². The highest BCUT2D eigenvalue weighted by atomic mass is 35.5. The monoisotopic (exact) mass is 607 g/mol. The summed E-state index contributed by atoms with van der Waals surface area (Å²) in [5.74, 6) is 0. The zero-order valence-electron chi connectivity index (χ0n) is 24.7. The molecule has 0 aliphatic heterocycles. The molecule has 0 saturated heterocycles. The summed E-state index contributed by atoms with van der Waals surface area (Å²) in [5.41, 5.74) is 10.4. The molecule has 0 aliphatic carbocycles. The lowest BCUT2D eigenvalue weighted by molar-refractivity contribution is 1.17. The Kier molecular flexibility index (Phi) is 5.34. The van der Waals surface area contributed by atoms with Crippen LogP contribution < -0.4 is 0 Å². The number of para-hydroxylation sites is 5. The number of aromatic nitrogens is 3. The molecule has 4 heteroatoms. The van der Waals surface area contributed by atoms with Gasteiger partial charge in [-0.1, -0.05) is 109 Å². The van der Waals surface area contributed by atoms with Gasteiger partial charge in [-0.05, 0) is 60.7 Å². The first kappa shape index (κ1) is 25.5. The Balaban J connectivity index is 1.62. The summed E-state index contributed by atoms with van der Waals surface area (Å²) >= 11 is 6.69. The van der Waals surface area contributed by atoms with Gasteiger partial charge in [0.1, 0.15) is 0 Å². The van der Waals surface area contributed by atoms with Crippen LogP contribution in [0.1, 0.15) is 0 Å². The van der Waals surface area contributed by atoms with Gasteiger partial charge in [-0.15, -0.1) is 0 Å². The van der Waals surface area contributed by atoms with Crippen molar-refractivity contribution in [2.24, 2.45) is 0 Å². The lowest BCUT2D eigenvalue weighted by Gasteiger charge is -2.13. The molecule has 10 rings (SSSR count). The van der Waals surface area contributed by atoms with Crippen LogP contribution in [0.3, 0.4) is 0 Å². The highest BCUT2D eigenvalue weighted by Gasteiger charge is 2.28. The lowest BCUT2D eigenvalue weighted by atomic mass is 10.0. The van der Waals surface area contributed by atoms with E-state index < -0.39 is 0 Å². The smallest absolute Gasteiger partial charge is 0.0663 e. The molecule has 0 N–H and O–H groups in total. The Bertz CT molecular complexity index is 2730. The fraction of sp³-hybridized carbons (Fsp3) is 0. The topological polar surface area (TPSA) is 14.8 Å². The minimum Gasteiger partial charge on any atom is -0.308 e. The van der Waals surface area contributed by atoms with Crippen molar-refractivity contribution in [2.75, 3.05) is 0 Å². The van der Waals surface area contributed by atoms with Gasteiger partial charge in [-0.2, -0.15) is 0 Å². The number of rotatable bonds is 3. The molecule has 0 fully saturated rings. The van der Waals surface area contributed by atoms with E-state index in [4.69, 9.17) is 11.6 Å². The molecule has 0 spiro atoms. The molecule has 0 radical (unpaired) electrons. The van der Waals surface area contributed by atoms with Crippen molar-refractivity contribution in [1.82, 2.24) is 13.7 Å². The molecule has 10 aromatic rings. The summed E-state index contributed by atoms with van der Waals surface area (Å²) in [6, 6.07) is 56.3. The van der Waals surface area contributed by atoms with Crippen molar-refractivity contribution in [3.63, 3.8) is 0 Å². The number of benzene rings is 7. The first-order valence-electron chi connectivity index (χ1n) is 15.6. The van der Waals surface area contributed by atoms with E-state index in [2.05, 4.69) is 159 Å². The van der Waals surface area contributed by atoms with Gasteiger partial charge < -0.3 is 13.7 Å². The second-order valence-corrected chi connectivity index (χ2v) is 12.3. The minimum atomic E-state index is 0.714. The fourth-order valence-corrected chi connectivity index (χ4v) is 7.91. The zero-order chi connectivity index (χ0) is 30.4. The molecule has 0 saturated carbocycles. The summed E-state index contributed by atoms with van der Waals surface area (Å²) in [4.78, 5) is 0. The largest absolute Gasteiger partial charge is 0.308 e. The maximum atomic E-state index is 6.69. The normalized spacial score (nSPS) is 12.0. The molecule has 3 nitrogen and oxygen atoms in total. The van der Waals surface area contributed by atoms with Crippen LogP contribution in [0.2, 0.25) is 5.02 Å². The number of fused-ring (bicyclic) bond motifs is 12. The quantitative estimate of drug-likeness (QED) is 0.190. The number of halogens is 1. The SMILES string of the molecule is Clc1cccc(-n2c3ccccc3c3c4c(c5ccccc5n4-c4ccccc4)c4c(c5ccccc5n4-c4ccccc4)c32)c1. The van der Waals surface area contributed by atoms with Crippen LogP contribution in [-0.4, -0.2) is 13.7 Å². The first-order valence-corrected chi connectivity index (χ1v) is 16.0. The summed E-state index contributed by atoms with van der Waals surface area (Å²) in [6.45, 7) is 0. The van der Waals surface area contributed by atoms with Crippen LogP contribution >= 0.6 is 11.6 Å². The van der Waals surface area contributed by atoms with E-state index >= 15 is 0 Å². The van der Waals surface area contributed by atoms with Crippen LogP contribution in [0.25, 0.3) is 82.5 Å². The van der Waals surface area contributed by atoms with E-state index in [1.165, 1.54) is 59.9 Å². The third-order valence-electron chi connectivity index (χ3n) is 9.43. The third-order valence-corrected chi connectivity index (χ3v) is 9.66. The number of nitrogens with zero attached hydrogens (tertiary/aromatic N) is 3. The van der Waals surface area contributed by atoms with Gasteiger partial charge in [0.25, 0.3) is 0 Å². The Morgan fingerprint density at radius 3 is 1.09 bits per heavy atom. The fourth-order valence-electron chi connectivity index (χ4n) is 7.72. The standard InChI is InChI=1S/C42H26ClN3/c43-27-14-13-19-30(26-27)46-36-25-12-9-22-33(36)39-41-37(31-20-7-10-23-34(31)44(41)28-15-3-1-4-16-28)40-38(42(39)46)32-21-8-11-24-35(32)45(40)29-17-5-2-6-18-29/h1-26H. The second-order valence-electron chi connectivity index (χ2n) is 11.9. The molecule has 7 aromatic carbocycles. The van der Waals surface area contributed by atoms with Gasteiger partial charge in [0.15, 0.2) is 0 Å². The zero-order valence-corrected chi connectivity index (χ0v) is 25.5. The highest BCUT2D eigenvalue weighted by Crippen LogP contribution is 2.50. The Labute approximate surface area is 269 Å². The molecule has 0 unspecified atom stereocenters. The lowest BCUT2D eigenvalue weighted by Crippen LogP contribution is -1.98. The summed E-state index contributed by atoms with van der Waals surface area (Å²) in [5, 5.41) is 8.08. The van der Waals surface area contributed by atoms with E-state index in [1.807, 2.05) is 12.1 Å². The average molecular weight is 608 g/mol. The van der Waals surface area contributed by atoms with E-state index in [0.717, 1.165) is 22.6 Å². The predicted octanol–water partition coefficient (Wildman–Crippen LogP) is 11.6. The summed E-state index contributed by atoms with van der Waals surface area (Å²) < 4.78 is 7.36. The van der Waals surface area contributed by atoms with E-state index in [9.17, 15) is 0 Å². The van der Waals surface area contributed by atoms with Gasteiger partial charge in [-0.3, -0.25) is 0 Å². The van der Waals surface area contributed by atoms with Crippen molar-refractivity contribution < 1.29 is 0 Å². The molecule has 0 bridgehead atoms. The highest BCUT2D eigenvalue weighted by molar-refractivity contribution is 6.40. The summed E-state index contributed by atoms with van der Waals surface area (Å²) in [6.07, 6.45) is 0. The molecule has 3 heterocycles. The Morgan fingerprint density at radius 1 is 0.326 bits per heavy atom. The van der Waals surface area contributed by atoms with Gasteiger partial charge in [0.2, 0.25) is 0 Å². The molecule has 3 aromatic heterocycles. The van der Waals surface area contributed by atoms with Crippen LogP contribution in [0.15, 0.2) is 158 Å². The Hall–Kier alpha value is -5.77. The van der Waals surface area contributed by atoms with Crippen molar-refractivity contribution in [3.8, 4) is 17.1 Å². The maximum absolute atomic E-state index is 6.69. The number of hydrogen-bond donors (Lipinski definition) is 0. The van der Waals surface area contributed by atoms with Gasteiger partial charge in [0.05, 0.1) is 33.1 Å². The predicted molar refractivity (Wildman–Crippen MR) is 194 cm³/mol. The van der Waals surface area contributed by atoms with Crippen LogP contribution in [0.5, 0.6) is 0 Å². The second kappa shape index (κ2) is 9.61. The van der Waals surface area contributed by atoms with Crippen LogP contribution in [0, 0.1) is 0 Å².